The molecule has 1 aromatic rings. The van der Waals surface area contributed by atoms with Crippen molar-refractivity contribution < 1.29 is 14.6 Å². The zero-order chi connectivity index (χ0) is 14.8. The van der Waals surface area contributed by atoms with Crippen LogP contribution in [0.1, 0.15) is 31.7 Å². The predicted octanol–water partition coefficient (Wildman–Crippen LogP) is 2.95. The quantitative estimate of drug-likeness (QED) is 0.669. The molecular weight excluding hydrogens is 254 g/mol. The topological polar surface area (TPSA) is 49.8 Å². The number of ether oxygens (including phenoxy) is 1. The largest absolute Gasteiger partial charge is 0.494 e. The van der Waals surface area contributed by atoms with Gasteiger partial charge in [0.1, 0.15) is 5.75 Å². The Labute approximate surface area is 121 Å². The Morgan fingerprint density at radius 1 is 1.30 bits per heavy atom. The predicted molar refractivity (Wildman–Crippen MR) is 80.3 cm³/mol. The first kappa shape index (κ1) is 16.5. The Hall–Kier alpha value is -1.55. The molecule has 0 aliphatic rings. The Balaban J connectivity index is 2.24. The van der Waals surface area contributed by atoms with Gasteiger partial charge in [-0.3, -0.25) is 4.79 Å². The van der Waals surface area contributed by atoms with Gasteiger partial charge < -0.3 is 14.7 Å². The highest BCUT2D eigenvalue weighted by molar-refractivity contribution is 5.66. The van der Waals surface area contributed by atoms with Gasteiger partial charge in [-0.2, -0.15) is 0 Å². The first-order chi connectivity index (χ1) is 9.61. The molecule has 0 aromatic heterocycles. The van der Waals surface area contributed by atoms with Crippen molar-refractivity contribution in [1.29, 1.82) is 0 Å². The van der Waals surface area contributed by atoms with Crippen LogP contribution in [0.4, 0.5) is 0 Å². The number of carboxylic acids is 1. The van der Waals surface area contributed by atoms with E-state index in [9.17, 15) is 4.79 Å². The molecule has 0 saturated carbocycles. The Morgan fingerprint density at radius 2 is 2.10 bits per heavy atom. The summed E-state index contributed by atoms with van der Waals surface area (Å²) in [5.41, 5.74) is 1.19. The first-order valence-electron chi connectivity index (χ1n) is 7.25. The van der Waals surface area contributed by atoms with Crippen molar-refractivity contribution in [3.8, 4) is 5.75 Å². The number of rotatable bonds is 10. The molecule has 112 valence electrons. The minimum atomic E-state index is -0.734. The van der Waals surface area contributed by atoms with Gasteiger partial charge in [0.05, 0.1) is 13.0 Å². The fourth-order valence-electron chi connectivity index (χ4n) is 2.09. The molecule has 0 amide bonds. The fourth-order valence-corrected chi connectivity index (χ4v) is 2.09. The van der Waals surface area contributed by atoms with Crippen molar-refractivity contribution in [2.75, 3.05) is 26.2 Å². The zero-order valence-electron chi connectivity index (χ0n) is 12.5. The van der Waals surface area contributed by atoms with E-state index in [0.717, 1.165) is 31.7 Å². The summed E-state index contributed by atoms with van der Waals surface area (Å²) in [5.74, 6) is 0.166. The van der Waals surface area contributed by atoms with Crippen molar-refractivity contribution in [3.63, 3.8) is 0 Å². The first-order valence-corrected chi connectivity index (χ1v) is 7.25. The fraction of sp³-hybridized carbons (Fsp3) is 0.562. The monoisotopic (exact) mass is 279 g/mol. The highest BCUT2D eigenvalue weighted by atomic mass is 16.5. The number of hydrogen-bond donors (Lipinski definition) is 1. The molecule has 1 aromatic carbocycles. The molecule has 4 heteroatoms. The summed E-state index contributed by atoms with van der Waals surface area (Å²) < 4.78 is 5.70. The van der Waals surface area contributed by atoms with Gasteiger partial charge in [0.15, 0.2) is 0 Å². The summed E-state index contributed by atoms with van der Waals surface area (Å²) >= 11 is 0. The molecule has 0 aliphatic heterocycles. The number of carbonyl (C=O) groups is 1. The van der Waals surface area contributed by atoms with Gasteiger partial charge in [0.2, 0.25) is 0 Å². The van der Waals surface area contributed by atoms with Crippen molar-refractivity contribution >= 4 is 5.97 Å². The normalized spacial score (nSPS) is 10.8. The van der Waals surface area contributed by atoms with Gasteiger partial charge >= 0.3 is 5.97 Å². The third-order valence-corrected chi connectivity index (χ3v) is 3.06. The standard InChI is InChI=1S/C16H25NO3/c1-3-9-17(11-8-16(18)19)10-5-12-20-15-7-4-6-14(2)13-15/h4,6-7,13H,3,5,8-12H2,1-2H3,(H,18,19). The average molecular weight is 279 g/mol. The third kappa shape index (κ3) is 7.14. The van der Waals surface area contributed by atoms with Crippen molar-refractivity contribution in [3.05, 3.63) is 29.8 Å². The maximum atomic E-state index is 10.6. The molecule has 1 rings (SSSR count). The molecule has 20 heavy (non-hydrogen) atoms. The Kier molecular flexibility index (Phi) is 7.73. The molecule has 0 heterocycles. The van der Waals surface area contributed by atoms with Crippen LogP contribution >= 0.6 is 0 Å². The van der Waals surface area contributed by atoms with Crippen molar-refractivity contribution in [1.82, 2.24) is 4.90 Å². The molecular formula is C16H25NO3. The summed E-state index contributed by atoms with van der Waals surface area (Å²) in [5, 5.41) is 8.73. The van der Waals surface area contributed by atoms with Crippen LogP contribution in [0.2, 0.25) is 0 Å². The number of carboxylic acid groups (broad SMARTS) is 1. The van der Waals surface area contributed by atoms with Crippen LogP contribution < -0.4 is 4.74 Å². The second kappa shape index (κ2) is 9.37. The van der Waals surface area contributed by atoms with Crippen LogP contribution in [-0.2, 0) is 4.79 Å². The lowest BCUT2D eigenvalue weighted by Crippen LogP contribution is -2.29. The smallest absolute Gasteiger partial charge is 0.304 e. The minimum absolute atomic E-state index is 0.207. The summed E-state index contributed by atoms with van der Waals surface area (Å²) in [6.07, 6.45) is 2.16. The van der Waals surface area contributed by atoms with Crippen LogP contribution in [-0.4, -0.2) is 42.2 Å². The van der Waals surface area contributed by atoms with Crippen LogP contribution in [0.15, 0.2) is 24.3 Å². The minimum Gasteiger partial charge on any atom is -0.494 e. The Bertz CT molecular complexity index is 406. The third-order valence-electron chi connectivity index (χ3n) is 3.06. The Morgan fingerprint density at radius 3 is 2.75 bits per heavy atom. The number of aryl methyl sites for hydroxylation is 1. The summed E-state index contributed by atoms with van der Waals surface area (Å²) in [6, 6.07) is 8.01. The number of hydrogen-bond acceptors (Lipinski definition) is 3. The molecule has 0 bridgehead atoms. The molecule has 0 unspecified atom stereocenters. The van der Waals surface area contributed by atoms with Gasteiger partial charge in [-0.25, -0.2) is 0 Å². The second-order valence-electron chi connectivity index (χ2n) is 5.00. The lowest BCUT2D eigenvalue weighted by atomic mass is 10.2. The lowest BCUT2D eigenvalue weighted by molar-refractivity contribution is -0.137. The van der Waals surface area contributed by atoms with E-state index in [1.165, 1.54) is 5.56 Å². The van der Waals surface area contributed by atoms with E-state index >= 15 is 0 Å². The second-order valence-corrected chi connectivity index (χ2v) is 5.00. The van der Waals surface area contributed by atoms with Crippen LogP contribution in [0.5, 0.6) is 5.75 Å². The van der Waals surface area contributed by atoms with Gasteiger partial charge in [0, 0.05) is 13.1 Å². The SMILES string of the molecule is CCCN(CCCOc1cccc(C)c1)CCC(=O)O. The van der Waals surface area contributed by atoms with E-state index < -0.39 is 5.97 Å². The molecule has 0 atom stereocenters. The van der Waals surface area contributed by atoms with Crippen LogP contribution in [0.3, 0.4) is 0 Å². The van der Waals surface area contributed by atoms with E-state index in [0.29, 0.717) is 13.2 Å². The maximum Gasteiger partial charge on any atom is 0.304 e. The van der Waals surface area contributed by atoms with E-state index in [2.05, 4.69) is 11.8 Å². The lowest BCUT2D eigenvalue weighted by Gasteiger charge is -2.20. The van der Waals surface area contributed by atoms with Gasteiger partial charge in [-0.1, -0.05) is 19.1 Å². The summed E-state index contributed by atoms with van der Waals surface area (Å²) in [4.78, 5) is 12.8. The van der Waals surface area contributed by atoms with Crippen molar-refractivity contribution in [2.24, 2.45) is 0 Å². The zero-order valence-corrected chi connectivity index (χ0v) is 12.5. The van der Waals surface area contributed by atoms with Gasteiger partial charge in [-0.15, -0.1) is 0 Å². The number of nitrogens with zero attached hydrogens (tertiary/aromatic N) is 1. The molecule has 4 nitrogen and oxygen atoms in total. The molecule has 0 spiro atoms. The summed E-state index contributed by atoms with van der Waals surface area (Å²) in [7, 11) is 0. The van der Waals surface area contributed by atoms with E-state index in [1.807, 2.05) is 31.2 Å². The number of aliphatic carboxylic acids is 1. The van der Waals surface area contributed by atoms with Crippen LogP contribution in [0.25, 0.3) is 0 Å². The van der Waals surface area contributed by atoms with Crippen LogP contribution in [0, 0.1) is 6.92 Å². The highest BCUT2D eigenvalue weighted by Crippen LogP contribution is 2.12. The van der Waals surface area contributed by atoms with E-state index in [4.69, 9.17) is 9.84 Å². The summed E-state index contributed by atoms with van der Waals surface area (Å²) in [6.45, 7) is 7.26. The van der Waals surface area contributed by atoms with E-state index in [-0.39, 0.29) is 6.42 Å². The molecule has 0 aliphatic carbocycles. The highest BCUT2D eigenvalue weighted by Gasteiger charge is 2.06. The molecule has 0 fully saturated rings. The van der Waals surface area contributed by atoms with Gasteiger partial charge in [-0.05, 0) is 44.0 Å². The maximum absolute atomic E-state index is 10.6. The molecule has 0 radical (unpaired) electrons. The molecule has 1 N–H and O–H groups in total. The average Bonchev–Trinajstić information content (AvgIpc) is 2.40. The van der Waals surface area contributed by atoms with Crippen molar-refractivity contribution in [2.45, 2.75) is 33.1 Å². The van der Waals surface area contributed by atoms with Gasteiger partial charge in [0.25, 0.3) is 0 Å². The number of benzene rings is 1. The molecule has 0 saturated heterocycles. The van der Waals surface area contributed by atoms with E-state index in [1.54, 1.807) is 0 Å².